The maximum atomic E-state index is 14.2. The van der Waals surface area contributed by atoms with Crippen LogP contribution in [0.4, 0.5) is 10.1 Å². The summed E-state index contributed by atoms with van der Waals surface area (Å²) in [5.41, 5.74) is 5.90. The minimum absolute atomic E-state index is 0.0447. The molecule has 40 heavy (non-hydrogen) atoms. The van der Waals surface area contributed by atoms with Gasteiger partial charge in [-0.2, -0.15) is 5.10 Å². The molecule has 11 heteroatoms. The molecule has 5 heterocycles. The Morgan fingerprint density at radius 1 is 1.00 bits per heavy atom. The van der Waals surface area contributed by atoms with Crippen molar-refractivity contribution in [1.82, 2.24) is 35.1 Å². The SMILES string of the molecule is CCCCC(=O)Nc1cncc(-c2cc3c(-c4nc5c(-c6cc(F)cc(OC)c6)cncc5[nH]4)n[nH]c3cn2)c1. The van der Waals surface area contributed by atoms with Gasteiger partial charge in [0.2, 0.25) is 5.91 Å². The minimum Gasteiger partial charge on any atom is -0.497 e. The average Bonchev–Trinajstić information content (AvgIpc) is 3.59. The standard InChI is InChI=1S/C29H25FN8O2/c1-3-4-5-26(39)34-19-7-17(11-31-12-19)23-10-21-24(15-33-23)37-38-28(21)29-35-25-14-32-13-22(27(25)36-29)16-6-18(30)9-20(8-16)40-2/h6-15H,3-5H2,1-2H3,(H,34,39)(H,35,36)(H,37,38). The van der Waals surface area contributed by atoms with Crippen molar-refractivity contribution in [3.63, 3.8) is 0 Å². The molecule has 0 radical (unpaired) electrons. The number of aromatic nitrogens is 7. The number of amides is 1. The number of aromatic amines is 2. The third-order valence-electron chi connectivity index (χ3n) is 6.56. The van der Waals surface area contributed by atoms with E-state index in [1.54, 1.807) is 37.1 Å². The van der Waals surface area contributed by atoms with E-state index in [1.165, 1.54) is 19.2 Å². The van der Waals surface area contributed by atoms with Crippen LogP contribution in [0.3, 0.4) is 0 Å². The predicted octanol–water partition coefficient (Wildman–Crippen LogP) is 5.90. The Balaban J connectivity index is 1.38. The monoisotopic (exact) mass is 536 g/mol. The Morgan fingerprint density at radius 2 is 1.88 bits per heavy atom. The highest BCUT2D eigenvalue weighted by molar-refractivity contribution is 5.97. The zero-order chi connectivity index (χ0) is 27.6. The topological polar surface area (TPSA) is 134 Å². The number of nitrogens with one attached hydrogen (secondary N) is 3. The molecular formula is C29H25FN8O2. The van der Waals surface area contributed by atoms with Crippen LogP contribution in [-0.4, -0.2) is 48.1 Å². The van der Waals surface area contributed by atoms with Crippen LogP contribution in [0.1, 0.15) is 26.2 Å². The highest BCUT2D eigenvalue weighted by atomic mass is 19.1. The molecule has 5 aromatic heterocycles. The van der Waals surface area contributed by atoms with E-state index in [4.69, 9.17) is 9.72 Å². The van der Waals surface area contributed by atoms with Crippen LogP contribution in [0.2, 0.25) is 0 Å². The molecule has 0 saturated carbocycles. The Labute approximate surface area is 228 Å². The largest absolute Gasteiger partial charge is 0.497 e. The number of H-pyrrole nitrogens is 2. The van der Waals surface area contributed by atoms with E-state index in [0.717, 1.165) is 29.3 Å². The lowest BCUT2D eigenvalue weighted by Gasteiger charge is -2.07. The van der Waals surface area contributed by atoms with E-state index in [1.807, 2.05) is 19.1 Å². The van der Waals surface area contributed by atoms with Gasteiger partial charge in [0.25, 0.3) is 0 Å². The van der Waals surface area contributed by atoms with E-state index in [9.17, 15) is 9.18 Å². The lowest BCUT2D eigenvalue weighted by Crippen LogP contribution is -2.11. The fraction of sp³-hybridized carbons (Fsp3) is 0.172. The fourth-order valence-corrected chi connectivity index (χ4v) is 4.56. The van der Waals surface area contributed by atoms with Crippen molar-refractivity contribution in [3.05, 3.63) is 67.1 Å². The highest BCUT2D eigenvalue weighted by Gasteiger charge is 2.17. The summed E-state index contributed by atoms with van der Waals surface area (Å²) in [4.78, 5) is 33.5. The number of hydrogen-bond acceptors (Lipinski definition) is 7. The van der Waals surface area contributed by atoms with Crippen molar-refractivity contribution in [1.29, 1.82) is 0 Å². The molecule has 0 aliphatic rings. The van der Waals surface area contributed by atoms with Crippen LogP contribution >= 0.6 is 0 Å². The second-order valence-corrected chi connectivity index (χ2v) is 9.35. The van der Waals surface area contributed by atoms with E-state index in [0.29, 0.717) is 57.2 Å². The maximum Gasteiger partial charge on any atom is 0.224 e. The summed E-state index contributed by atoms with van der Waals surface area (Å²) in [6.07, 6.45) is 10.6. The number of methoxy groups -OCH3 is 1. The van der Waals surface area contributed by atoms with Crippen molar-refractivity contribution in [2.45, 2.75) is 26.2 Å². The number of anilines is 1. The molecule has 6 aromatic rings. The molecule has 3 N–H and O–H groups in total. The van der Waals surface area contributed by atoms with E-state index < -0.39 is 5.82 Å². The summed E-state index contributed by atoms with van der Waals surface area (Å²) in [7, 11) is 1.49. The predicted molar refractivity (Wildman–Crippen MR) is 150 cm³/mol. The Morgan fingerprint density at radius 3 is 2.73 bits per heavy atom. The number of rotatable bonds is 8. The zero-order valence-corrected chi connectivity index (χ0v) is 21.8. The van der Waals surface area contributed by atoms with Crippen LogP contribution in [0.15, 0.2) is 61.3 Å². The van der Waals surface area contributed by atoms with Gasteiger partial charge in [0.05, 0.1) is 53.6 Å². The molecule has 0 bridgehead atoms. The minimum atomic E-state index is -0.417. The maximum absolute atomic E-state index is 14.2. The van der Waals surface area contributed by atoms with E-state index in [2.05, 4.69) is 35.5 Å². The lowest BCUT2D eigenvalue weighted by molar-refractivity contribution is -0.116. The van der Waals surface area contributed by atoms with Gasteiger partial charge in [0.1, 0.15) is 17.3 Å². The Bertz CT molecular complexity index is 1860. The summed E-state index contributed by atoms with van der Waals surface area (Å²) in [6.45, 7) is 2.05. The van der Waals surface area contributed by atoms with Crippen molar-refractivity contribution in [2.24, 2.45) is 0 Å². The summed E-state index contributed by atoms with van der Waals surface area (Å²) >= 11 is 0. The van der Waals surface area contributed by atoms with Gasteiger partial charge in [0, 0.05) is 41.4 Å². The van der Waals surface area contributed by atoms with Crippen molar-refractivity contribution >= 4 is 33.5 Å². The quantitative estimate of drug-likeness (QED) is 0.220. The number of fused-ring (bicyclic) bond motifs is 2. The van der Waals surface area contributed by atoms with Gasteiger partial charge in [-0.15, -0.1) is 0 Å². The van der Waals surface area contributed by atoms with Gasteiger partial charge in [-0.3, -0.25) is 24.8 Å². The zero-order valence-electron chi connectivity index (χ0n) is 21.8. The Hall–Kier alpha value is -5.19. The first-order valence-corrected chi connectivity index (χ1v) is 12.8. The molecule has 0 saturated heterocycles. The second kappa shape index (κ2) is 10.5. The first-order valence-electron chi connectivity index (χ1n) is 12.8. The third kappa shape index (κ3) is 4.84. The molecule has 1 aromatic carbocycles. The number of carbonyl (C=O) groups excluding carboxylic acids is 1. The van der Waals surface area contributed by atoms with Crippen molar-refractivity contribution < 1.29 is 13.9 Å². The number of nitrogens with zero attached hydrogens (tertiary/aromatic N) is 5. The Kier molecular flexibility index (Phi) is 6.61. The average molecular weight is 537 g/mol. The summed E-state index contributed by atoms with van der Waals surface area (Å²) in [5, 5.41) is 11.2. The highest BCUT2D eigenvalue weighted by Crippen LogP contribution is 2.33. The second-order valence-electron chi connectivity index (χ2n) is 9.35. The number of hydrogen-bond donors (Lipinski definition) is 3. The molecule has 0 aliphatic carbocycles. The number of ether oxygens (including phenoxy) is 1. The van der Waals surface area contributed by atoms with Gasteiger partial charge in [0.15, 0.2) is 5.82 Å². The molecule has 0 unspecified atom stereocenters. The first-order chi connectivity index (χ1) is 19.5. The molecular weight excluding hydrogens is 511 g/mol. The van der Waals surface area contributed by atoms with Crippen LogP contribution in [0.5, 0.6) is 5.75 Å². The molecule has 0 aliphatic heterocycles. The van der Waals surface area contributed by atoms with E-state index >= 15 is 0 Å². The van der Waals surface area contributed by atoms with Gasteiger partial charge in [-0.05, 0) is 36.2 Å². The molecule has 0 atom stereocenters. The van der Waals surface area contributed by atoms with Crippen LogP contribution in [0, 0.1) is 5.82 Å². The van der Waals surface area contributed by atoms with Crippen LogP contribution in [-0.2, 0) is 4.79 Å². The normalized spacial score (nSPS) is 11.3. The number of carbonyl (C=O) groups is 1. The fourth-order valence-electron chi connectivity index (χ4n) is 4.56. The van der Waals surface area contributed by atoms with Gasteiger partial charge in [-0.25, -0.2) is 9.37 Å². The first kappa shape index (κ1) is 25.1. The number of imidazole rings is 1. The van der Waals surface area contributed by atoms with Crippen LogP contribution < -0.4 is 10.1 Å². The van der Waals surface area contributed by atoms with E-state index in [-0.39, 0.29) is 5.91 Å². The molecule has 6 rings (SSSR count). The number of pyridine rings is 3. The molecule has 1 amide bonds. The smallest absolute Gasteiger partial charge is 0.224 e. The molecule has 0 fully saturated rings. The van der Waals surface area contributed by atoms with Crippen molar-refractivity contribution in [2.75, 3.05) is 12.4 Å². The van der Waals surface area contributed by atoms with Gasteiger partial charge in [-0.1, -0.05) is 13.3 Å². The molecule has 200 valence electrons. The number of unbranched alkanes of at least 4 members (excludes halogenated alkanes) is 1. The van der Waals surface area contributed by atoms with Crippen LogP contribution in [0.25, 0.3) is 55.8 Å². The van der Waals surface area contributed by atoms with Gasteiger partial charge >= 0.3 is 0 Å². The summed E-state index contributed by atoms with van der Waals surface area (Å²) in [5.74, 6) is 0.461. The molecule has 0 spiro atoms. The third-order valence-corrected chi connectivity index (χ3v) is 6.56. The number of benzene rings is 1. The van der Waals surface area contributed by atoms with Gasteiger partial charge < -0.3 is 15.0 Å². The summed E-state index contributed by atoms with van der Waals surface area (Å²) in [6, 6.07) is 8.22. The lowest BCUT2D eigenvalue weighted by atomic mass is 10.1. The summed E-state index contributed by atoms with van der Waals surface area (Å²) < 4.78 is 19.5. The number of halogens is 1. The molecule has 10 nitrogen and oxygen atoms in total. The van der Waals surface area contributed by atoms with Crippen molar-refractivity contribution in [3.8, 4) is 39.7 Å².